The molecule has 1 unspecified atom stereocenters. The molecule has 0 aliphatic carbocycles. The lowest BCUT2D eigenvalue weighted by Crippen LogP contribution is -2.37. The third-order valence-electron chi connectivity index (χ3n) is 2.31. The smallest absolute Gasteiger partial charge is 0.251 e. The summed E-state index contributed by atoms with van der Waals surface area (Å²) in [5, 5.41) is 2.54. The van der Waals surface area contributed by atoms with Gasteiger partial charge >= 0.3 is 0 Å². The van der Waals surface area contributed by atoms with Gasteiger partial charge in [-0.2, -0.15) is 0 Å². The van der Waals surface area contributed by atoms with Gasteiger partial charge in [0.2, 0.25) is 0 Å². The van der Waals surface area contributed by atoms with Gasteiger partial charge in [0.1, 0.15) is 11.6 Å². The summed E-state index contributed by atoms with van der Waals surface area (Å²) in [4.78, 5) is 11.6. The van der Waals surface area contributed by atoms with Crippen LogP contribution in [0, 0.1) is 11.6 Å². The van der Waals surface area contributed by atoms with Gasteiger partial charge in [0.25, 0.3) is 5.91 Å². The molecule has 0 saturated heterocycles. The number of hydrogen-bond acceptors (Lipinski definition) is 2. The second kappa shape index (κ2) is 6.30. The summed E-state index contributed by atoms with van der Waals surface area (Å²) in [6, 6.07) is 2.56. The normalized spacial score (nSPS) is 12.2. The van der Waals surface area contributed by atoms with Gasteiger partial charge in [0.15, 0.2) is 0 Å². The second-order valence-corrected chi connectivity index (χ2v) is 3.92. The van der Waals surface area contributed by atoms with Crippen LogP contribution in [0.1, 0.15) is 30.1 Å². The van der Waals surface area contributed by atoms with Gasteiger partial charge in [-0.1, -0.05) is 13.3 Å². The molecule has 0 radical (unpaired) electrons. The molecule has 0 heterocycles. The maximum Gasteiger partial charge on any atom is 0.251 e. The van der Waals surface area contributed by atoms with Gasteiger partial charge in [-0.15, -0.1) is 0 Å². The maximum absolute atomic E-state index is 12.9. The Hall–Kier alpha value is -1.49. The minimum atomic E-state index is -0.770. The molecule has 0 spiro atoms. The zero-order valence-electron chi connectivity index (χ0n) is 9.67. The molecule has 1 aromatic rings. The lowest BCUT2D eigenvalue weighted by Gasteiger charge is -2.11. The van der Waals surface area contributed by atoms with Crippen molar-refractivity contribution in [2.75, 3.05) is 6.54 Å². The minimum Gasteiger partial charge on any atom is -0.350 e. The summed E-state index contributed by atoms with van der Waals surface area (Å²) in [5.41, 5.74) is 5.67. The van der Waals surface area contributed by atoms with Gasteiger partial charge < -0.3 is 11.1 Å². The number of halogens is 2. The number of rotatable bonds is 5. The van der Waals surface area contributed by atoms with E-state index in [9.17, 15) is 13.6 Å². The van der Waals surface area contributed by atoms with Crippen LogP contribution < -0.4 is 11.1 Å². The summed E-state index contributed by atoms with van der Waals surface area (Å²) >= 11 is 0. The standard InChI is InChI=1S/C12H16F2N2O/c1-2-3-11(15)7-16-12(17)8-4-9(13)6-10(14)5-8/h4-6,11H,2-3,7,15H2,1H3,(H,16,17). The first-order valence-electron chi connectivity index (χ1n) is 5.52. The van der Waals surface area contributed by atoms with Crippen LogP contribution in [-0.4, -0.2) is 18.5 Å². The van der Waals surface area contributed by atoms with Crippen LogP contribution in [0.2, 0.25) is 0 Å². The SMILES string of the molecule is CCCC(N)CNC(=O)c1cc(F)cc(F)c1. The zero-order chi connectivity index (χ0) is 12.8. The minimum absolute atomic E-state index is 0.0359. The van der Waals surface area contributed by atoms with Gasteiger partial charge in [0.05, 0.1) is 0 Å². The maximum atomic E-state index is 12.9. The Morgan fingerprint density at radius 2 is 1.94 bits per heavy atom. The van der Waals surface area contributed by atoms with Crippen LogP contribution in [0.4, 0.5) is 8.78 Å². The van der Waals surface area contributed by atoms with E-state index in [-0.39, 0.29) is 11.6 Å². The van der Waals surface area contributed by atoms with Crippen LogP contribution in [0.3, 0.4) is 0 Å². The first-order valence-corrected chi connectivity index (χ1v) is 5.52. The van der Waals surface area contributed by atoms with E-state index in [0.29, 0.717) is 6.54 Å². The van der Waals surface area contributed by atoms with E-state index in [2.05, 4.69) is 5.32 Å². The van der Waals surface area contributed by atoms with Gasteiger partial charge in [-0.3, -0.25) is 4.79 Å². The van der Waals surface area contributed by atoms with E-state index in [1.54, 1.807) is 0 Å². The number of carbonyl (C=O) groups excluding carboxylic acids is 1. The highest BCUT2D eigenvalue weighted by Gasteiger charge is 2.10. The van der Waals surface area contributed by atoms with Crippen LogP contribution in [0.5, 0.6) is 0 Å². The molecule has 0 aliphatic rings. The van der Waals surface area contributed by atoms with Crippen molar-refractivity contribution in [1.82, 2.24) is 5.32 Å². The van der Waals surface area contributed by atoms with Crippen molar-refractivity contribution in [2.45, 2.75) is 25.8 Å². The monoisotopic (exact) mass is 242 g/mol. The fourth-order valence-electron chi connectivity index (χ4n) is 1.48. The number of nitrogens with one attached hydrogen (secondary N) is 1. The molecule has 1 aromatic carbocycles. The van der Waals surface area contributed by atoms with E-state index in [1.165, 1.54) is 0 Å². The fourth-order valence-corrected chi connectivity index (χ4v) is 1.48. The van der Waals surface area contributed by atoms with E-state index >= 15 is 0 Å². The number of amides is 1. The molecule has 94 valence electrons. The average molecular weight is 242 g/mol. The highest BCUT2D eigenvalue weighted by atomic mass is 19.1. The van der Waals surface area contributed by atoms with Crippen molar-refractivity contribution in [1.29, 1.82) is 0 Å². The Morgan fingerprint density at radius 3 is 2.47 bits per heavy atom. The summed E-state index contributed by atoms with van der Waals surface area (Å²) in [6.45, 7) is 2.29. The third kappa shape index (κ3) is 4.48. The second-order valence-electron chi connectivity index (χ2n) is 3.92. The molecule has 0 bridgehead atoms. The van der Waals surface area contributed by atoms with Crippen molar-refractivity contribution in [3.05, 3.63) is 35.4 Å². The molecular weight excluding hydrogens is 226 g/mol. The molecule has 0 fully saturated rings. The molecule has 0 saturated carbocycles. The summed E-state index contributed by atoms with van der Waals surface area (Å²) in [7, 11) is 0. The van der Waals surface area contributed by atoms with E-state index in [4.69, 9.17) is 5.73 Å². The Kier molecular flexibility index (Phi) is 5.03. The molecule has 1 rings (SSSR count). The first kappa shape index (κ1) is 13.6. The highest BCUT2D eigenvalue weighted by Crippen LogP contribution is 2.07. The molecular formula is C12H16F2N2O. The predicted octanol–water partition coefficient (Wildman–Crippen LogP) is 1.82. The quantitative estimate of drug-likeness (QED) is 0.827. The third-order valence-corrected chi connectivity index (χ3v) is 2.31. The molecule has 3 nitrogen and oxygen atoms in total. The molecule has 1 atom stereocenters. The molecule has 0 aromatic heterocycles. The number of nitrogens with two attached hydrogens (primary N) is 1. The van der Waals surface area contributed by atoms with Crippen LogP contribution in [0.15, 0.2) is 18.2 Å². The van der Waals surface area contributed by atoms with Crippen molar-refractivity contribution in [2.24, 2.45) is 5.73 Å². The predicted molar refractivity (Wildman–Crippen MR) is 61.6 cm³/mol. The largest absolute Gasteiger partial charge is 0.350 e. The molecule has 5 heteroatoms. The number of carbonyl (C=O) groups is 1. The molecule has 1 amide bonds. The van der Waals surface area contributed by atoms with Crippen molar-refractivity contribution in [3.63, 3.8) is 0 Å². The van der Waals surface area contributed by atoms with Gasteiger partial charge in [0, 0.05) is 24.2 Å². The fraction of sp³-hybridized carbons (Fsp3) is 0.417. The lowest BCUT2D eigenvalue weighted by molar-refractivity contribution is 0.0949. The van der Waals surface area contributed by atoms with Crippen LogP contribution in [-0.2, 0) is 0 Å². The molecule has 3 N–H and O–H groups in total. The topological polar surface area (TPSA) is 55.1 Å². The molecule has 0 aliphatic heterocycles. The van der Waals surface area contributed by atoms with Crippen molar-refractivity contribution >= 4 is 5.91 Å². The highest BCUT2D eigenvalue weighted by molar-refractivity contribution is 5.94. The van der Waals surface area contributed by atoms with E-state index < -0.39 is 17.5 Å². The lowest BCUT2D eigenvalue weighted by atomic mass is 10.1. The Bertz CT molecular complexity index is 376. The Labute approximate surface area is 99.0 Å². The van der Waals surface area contributed by atoms with Crippen LogP contribution >= 0.6 is 0 Å². The van der Waals surface area contributed by atoms with Crippen LogP contribution in [0.25, 0.3) is 0 Å². The van der Waals surface area contributed by atoms with Crippen molar-refractivity contribution < 1.29 is 13.6 Å². The summed E-state index contributed by atoms with van der Waals surface area (Å²) in [5.74, 6) is -2.06. The number of benzene rings is 1. The zero-order valence-corrected chi connectivity index (χ0v) is 9.67. The van der Waals surface area contributed by atoms with Crippen molar-refractivity contribution in [3.8, 4) is 0 Å². The van der Waals surface area contributed by atoms with E-state index in [1.807, 2.05) is 6.92 Å². The molecule has 17 heavy (non-hydrogen) atoms. The summed E-state index contributed by atoms with van der Waals surface area (Å²) in [6.07, 6.45) is 1.71. The Morgan fingerprint density at radius 1 is 1.35 bits per heavy atom. The Balaban J connectivity index is 2.58. The average Bonchev–Trinajstić information content (AvgIpc) is 2.25. The van der Waals surface area contributed by atoms with E-state index in [0.717, 1.165) is 31.0 Å². The van der Waals surface area contributed by atoms with Gasteiger partial charge in [-0.25, -0.2) is 8.78 Å². The summed E-state index contributed by atoms with van der Waals surface area (Å²) < 4.78 is 25.7. The van der Waals surface area contributed by atoms with Gasteiger partial charge in [-0.05, 0) is 18.6 Å². The number of hydrogen-bond donors (Lipinski definition) is 2. The first-order chi connectivity index (χ1) is 8.02.